The molecule has 2 amide bonds. The summed E-state index contributed by atoms with van der Waals surface area (Å²) in [5, 5.41) is 21.0. The van der Waals surface area contributed by atoms with Crippen molar-refractivity contribution >= 4 is 12.0 Å². The van der Waals surface area contributed by atoms with E-state index in [9.17, 15) is 19.8 Å². The van der Waals surface area contributed by atoms with Gasteiger partial charge in [0.2, 0.25) is 0 Å². The van der Waals surface area contributed by atoms with Gasteiger partial charge in [-0.3, -0.25) is 0 Å². The van der Waals surface area contributed by atoms with Crippen LogP contribution in [0.5, 0.6) is 0 Å². The number of carbonyl (C=O) groups is 2. The monoisotopic (exact) mass is 302 g/mol. The van der Waals surface area contributed by atoms with E-state index in [2.05, 4.69) is 5.32 Å². The van der Waals surface area contributed by atoms with E-state index in [1.807, 2.05) is 20.8 Å². The third-order valence-electron chi connectivity index (χ3n) is 3.73. The molecule has 122 valence electrons. The molecule has 1 saturated heterocycles. The summed E-state index contributed by atoms with van der Waals surface area (Å²) in [6, 6.07) is -1.35. The Balaban J connectivity index is 2.75. The summed E-state index contributed by atoms with van der Waals surface area (Å²) in [5.41, 5.74) is -0.571. The number of hydrogen-bond donors (Lipinski definition) is 3. The zero-order valence-corrected chi connectivity index (χ0v) is 13.1. The smallest absolute Gasteiger partial charge is 0.326 e. The molecule has 1 aliphatic heterocycles. The number of morpholine rings is 1. The van der Waals surface area contributed by atoms with E-state index in [0.29, 0.717) is 13.0 Å². The highest BCUT2D eigenvalue weighted by molar-refractivity contribution is 5.82. The lowest BCUT2D eigenvalue weighted by Gasteiger charge is -2.42. The Morgan fingerprint density at radius 3 is 2.57 bits per heavy atom. The van der Waals surface area contributed by atoms with Crippen molar-refractivity contribution in [3.8, 4) is 0 Å². The van der Waals surface area contributed by atoms with Crippen LogP contribution in [-0.4, -0.2) is 64.6 Å². The van der Waals surface area contributed by atoms with Crippen molar-refractivity contribution in [1.82, 2.24) is 10.2 Å². The summed E-state index contributed by atoms with van der Waals surface area (Å²) in [7, 11) is 0. The standard InChI is InChI=1S/C14H26N2O5/c1-5-9(2)11(12(18)19)15-13(20)16-6-10(7-17)21-14(3,4)8-16/h9-11,17H,5-8H2,1-4H3,(H,15,20)(H,18,19). The molecule has 21 heavy (non-hydrogen) atoms. The first-order valence-electron chi connectivity index (χ1n) is 7.27. The minimum Gasteiger partial charge on any atom is -0.480 e. The number of aliphatic carboxylic acids is 1. The van der Waals surface area contributed by atoms with Crippen LogP contribution in [0.15, 0.2) is 0 Å². The van der Waals surface area contributed by atoms with Crippen LogP contribution in [0.3, 0.4) is 0 Å². The Kier molecular flexibility index (Phi) is 5.98. The summed E-state index contributed by atoms with van der Waals surface area (Å²) in [6.45, 7) is 7.75. The van der Waals surface area contributed by atoms with Gasteiger partial charge in [-0.05, 0) is 19.8 Å². The fourth-order valence-electron chi connectivity index (χ4n) is 2.45. The first-order chi connectivity index (χ1) is 9.70. The summed E-state index contributed by atoms with van der Waals surface area (Å²) in [4.78, 5) is 25.1. The van der Waals surface area contributed by atoms with Crippen molar-refractivity contribution in [2.75, 3.05) is 19.7 Å². The molecule has 0 aromatic carbocycles. The van der Waals surface area contributed by atoms with E-state index < -0.39 is 29.7 Å². The fourth-order valence-corrected chi connectivity index (χ4v) is 2.45. The number of aliphatic hydroxyl groups is 1. The number of hydrogen-bond acceptors (Lipinski definition) is 4. The number of carbonyl (C=O) groups excluding carboxylic acids is 1. The first-order valence-corrected chi connectivity index (χ1v) is 7.27. The third-order valence-corrected chi connectivity index (χ3v) is 3.73. The molecular formula is C14H26N2O5. The average Bonchev–Trinajstić information content (AvgIpc) is 2.41. The molecule has 0 aromatic heterocycles. The van der Waals surface area contributed by atoms with Gasteiger partial charge in [0.1, 0.15) is 6.04 Å². The summed E-state index contributed by atoms with van der Waals surface area (Å²) in [6.07, 6.45) is 0.205. The van der Waals surface area contributed by atoms with E-state index in [4.69, 9.17) is 4.74 Å². The molecule has 0 aromatic rings. The lowest BCUT2D eigenvalue weighted by molar-refractivity contribution is -0.142. The molecule has 3 N–H and O–H groups in total. The lowest BCUT2D eigenvalue weighted by Crippen LogP contribution is -2.60. The first kappa shape index (κ1) is 17.7. The van der Waals surface area contributed by atoms with Crippen molar-refractivity contribution in [3.63, 3.8) is 0 Å². The molecule has 0 bridgehead atoms. The zero-order valence-electron chi connectivity index (χ0n) is 13.1. The predicted molar refractivity (Wildman–Crippen MR) is 77.0 cm³/mol. The Hall–Kier alpha value is -1.34. The molecule has 7 nitrogen and oxygen atoms in total. The fraction of sp³-hybridized carbons (Fsp3) is 0.857. The maximum atomic E-state index is 12.3. The number of aliphatic hydroxyl groups excluding tert-OH is 1. The molecule has 1 heterocycles. The van der Waals surface area contributed by atoms with Crippen LogP contribution in [0, 0.1) is 5.92 Å². The number of carboxylic acids is 1. The maximum Gasteiger partial charge on any atom is 0.326 e. The minimum atomic E-state index is -1.04. The van der Waals surface area contributed by atoms with E-state index in [1.54, 1.807) is 6.92 Å². The normalized spacial score (nSPS) is 24.2. The maximum absolute atomic E-state index is 12.3. The van der Waals surface area contributed by atoms with Gasteiger partial charge in [-0.2, -0.15) is 0 Å². The topological polar surface area (TPSA) is 99.1 Å². The number of nitrogens with zero attached hydrogens (tertiary/aromatic N) is 1. The van der Waals surface area contributed by atoms with Gasteiger partial charge in [0.15, 0.2) is 0 Å². The summed E-state index contributed by atoms with van der Waals surface area (Å²) >= 11 is 0. The van der Waals surface area contributed by atoms with Gasteiger partial charge in [-0.1, -0.05) is 20.3 Å². The van der Waals surface area contributed by atoms with Crippen LogP contribution in [0.2, 0.25) is 0 Å². The molecule has 0 aliphatic carbocycles. The van der Waals surface area contributed by atoms with Crippen LogP contribution in [0.4, 0.5) is 4.79 Å². The second-order valence-corrected chi connectivity index (χ2v) is 6.21. The number of urea groups is 1. The van der Waals surface area contributed by atoms with Gasteiger partial charge in [0, 0.05) is 0 Å². The SMILES string of the molecule is CCC(C)C(NC(=O)N1CC(CO)OC(C)(C)C1)C(=O)O. The predicted octanol–water partition coefficient (Wildman–Crippen LogP) is 0.667. The van der Waals surface area contributed by atoms with E-state index in [1.165, 1.54) is 4.90 Å². The number of rotatable bonds is 5. The number of ether oxygens (including phenoxy) is 1. The number of amides is 2. The zero-order chi connectivity index (χ0) is 16.2. The molecule has 0 spiro atoms. The molecule has 0 saturated carbocycles. The Morgan fingerprint density at radius 1 is 1.48 bits per heavy atom. The largest absolute Gasteiger partial charge is 0.480 e. The molecule has 1 fully saturated rings. The Labute approximate surface area is 125 Å². The van der Waals surface area contributed by atoms with Crippen molar-refractivity contribution < 1.29 is 24.5 Å². The van der Waals surface area contributed by atoms with Gasteiger partial charge < -0.3 is 25.2 Å². The van der Waals surface area contributed by atoms with Crippen molar-refractivity contribution in [1.29, 1.82) is 0 Å². The molecule has 1 rings (SSSR count). The van der Waals surface area contributed by atoms with E-state index in [0.717, 1.165) is 0 Å². The summed E-state index contributed by atoms with van der Waals surface area (Å²) in [5.74, 6) is -1.20. The highest BCUT2D eigenvalue weighted by atomic mass is 16.5. The van der Waals surface area contributed by atoms with Crippen molar-refractivity contribution in [2.24, 2.45) is 5.92 Å². The van der Waals surface area contributed by atoms with Gasteiger partial charge in [0.05, 0.1) is 31.4 Å². The molecule has 3 atom stereocenters. The minimum absolute atomic E-state index is 0.158. The Morgan fingerprint density at radius 2 is 2.10 bits per heavy atom. The van der Waals surface area contributed by atoms with Crippen LogP contribution in [-0.2, 0) is 9.53 Å². The molecular weight excluding hydrogens is 276 g/mol. The van der Waals surface area contributed by atoms with Gasteiger partial charge in [0.25, 0.3) is 0 Å². The van der Waals surface area contributed by atoms with Crippen LogP contribution in [0.25, 0.3) is 0 Å². The second kappa shape index (κ2) is 7.09. The van der Waals surface area contributed by atoms with Gasteiger partial charge in [-0.15, -0.1) is 0 Å². The summed E-state index contributed by atoms with van der Waals surface area (Å²) < 4.78 is 5.64. The molecule has 3 unspecified atom stereocenters. The van der Waals surface area contributed by atoms with Gasteiger partial charge >= 0.3 is 12.0 Å². The second-order valence-electron chi connectivity index (χ2n) is 6.21. The average molecular weight is 302 g/mol. The van der Waals surface area contributed by atoms with E-state index in [-0.39, 0.29) is 19.1 Å². The molecule has 1 aliphatic rings. The van der Waals surface area contributed by atoms with Gasteiger partial charge in [-0.25, -0.2) is 9.59 Å². The lowest BCUT2D eigenvalue weighted by atomic mass is 9.99. The van der Waals surface area contributed by atoms with Crippen molar-refractivity contribution in [3.05, 3.63) is 0 Å². The highest BCUT2D eigenvalue weighted by Gasteiger charge is 2.37. The third kappa shape index (κ3) is 4.86. The van der Waals surface area contributed by atoms with Crippen LogP contribution in [0.1, 0.15) is 34.1 Å². The number of carboxylic acid groups (broad SMARTS) is 1. The van der Waals surface area contributed by atoms with Crippen molar-refractivity contribution in [2.45, 2.75) is 51.9 Å². The van der Waals surface area contributed by atoms with Crippen LogP contribution >= 0.6 is 0 Å². The molecule has 7 heteroatoms. The van der Waals surface area contributed by atoms with E-state index >= 15 is 0 Å². The molecule has 0 radical (unpaired) electrons. The van der Waals surface area contributed by atoms with Crippen LogP contribution < -0.4 is 5.32 Å². The Bertz CT molecular complexity index is 386. The number of nitrogens with one attached hydrogen (secondary N) is 1. The highest BCUT2D eigenvalue weighted by Crippen LogP contribution is 2.21. The quantitative estimate of drug-likeness (QED) is 0.693.